The van der Waals surface area contributed by atoms with Gasteiger partial charge in [-0.1, -0.05) is 6.07 Å². The van der Waals surface area contributed by atoms with Crippen molar-refractivity contribution >= 4 is 5.97 Å². The first-order valence-electron chi connectivity index (χ1n) is 6.44. The molecular formula is C15H23NO3. The Balaban J connectivity index is 2.77. The van der Waals surface area contributed by atoms with Gasteiger partial charge in [0.1, 0.15) is 11.8 Å². The minimum absolute atomic E-state index is 0.474. The molecule has 0 aliphatic carbocycles. The third-order valence-electron chi connectivity index (χ3n) is 3.65. The van der Waals surface area contributed by atoms with E-state index in [1.54, 1.807) is 14.0 Å². The van der Waals surface area contributed by atoms with Crippen LogP contribution in [0.4, 0.5) is 0 Å². The molecule has 4 nitrogen and oxygen atoms in total. The van der Waals surface area contributed by atoms with Crippen LogP contribution in [0, 0.1) is 13.8 Å². The normalized spacial score (nSPS) is 12.5. The summed E-state index contributed by atoms with van der Waals surface area (Å²) < 4.78 is 5.39. The maximum atomic E-state index is 10.9. The molecule has 0 aromatic heterocycles. The van der Waals surface area contributed by atoms with Gasteiger partial charge in [-0.05, 0) is 57.0 Å². The minimum Gasteiger partial charge on any atom is -0.496 e. The van der Waals surface area contributed by atoms with Gasteiger partial charge in [-0.25, -0.2) is 0 Å². The second kappa shape index (κ2) is 6.57. The van der Waals surface area contributed by atoms with E-state index in [-0.39, 0.29) is 0 Å². The van der Waals surface area contributed by atoms with Gasteiger partial charge in [0.15, 0.2) is 0 Å². The third kappa shape index (κ3) is 3.96. The molecule has 0 amide bonds. The Bertz CT molecular complexity index is 457. The molecule has 1 atom stereocenters. The van der Waals surface area contributed by atoms with E-state index in [2.05, 4.69) is 19.9 Å². The van der Waals surface area contributed by atoms with Gasteiger partial charge < -0.3 is 9.84 Å². The quantitative estimate of drug-likeness (QED) is 0.857. The van der Waals surface area contributed by atoms with Gasteiger partial charge in [-0.2, -0.15) is 0 Å². The lowest BCUT2D eigenvalue weighted by Crippen LogP contribution is -2.37. The Morgan fingerprint density at radius 2 is 1.95 bits per heavy atom. The van der Waals surface area contributed by atoms with E-state index in [0.717, 1.165) is 17.7 Å². The second-order valence-electron chi connectivity index (χ2n) is 4.99. The molecule has 0 spiro atoms. The van der Waals surface area contributed by atoms with Gasteiger partial charge >= 0.3 is 5.97 Å². The Hall–Kier alpha value is -1.55. The van der Waals surface area contributed by atoms with Crippen LogP contribution >= 0.6 is 0 Å². The number of carboxylic acid groups (broad SMARTS) is 1. The van der Waals surface area contributed by atoms with Crippen molar-refractivity contribution in [3.8, 4) is 5.75 Å². The summed E-state index contributed by atoms with van der Waals surface area (Å²) in [4.78, 5) is 12.7. The lowest BCUT2D eigenvalue weighted by molar-refractivity contribution is -0.142. The van der Waals surface area contributed by atoms with Crippen molar-refractivity contribution in [2.24, 2.45) is 0 Å². The van der Waals surface area contributed by atoms with Gasteiger partial charge in [0.05, 0.1) is 7.11 Å². The van der Waals surface area contributed by atoms with Crippen molar-refractivity contribution in [3.05, 3.63) is 28.8 Å². The Morgan fingerprint density at radius 1 is 1.37 bits per heavy atom. The average Bonchev–Trinajstić information content (AvgIpc) is 2.38. The van der Waals surface area contributed by atoms with Crippen molar-refractivity contribution in [2.75, 3.05) is 20.7 Å². The maximum absolute atomic E-state index is 10.9. The highest BCUT2D eigenvalue weighted by molar-refractivity contribution is 5.72. The van der Waals surface area contributed by atoms with Crippen LogP contribution in [0.15, 0.2) is 12.1 Å². The zero-order chi connectivity index (χ0) is 14.6. The number of rotatable bonds is 6. The number of hydrogen-bond donors (Lipinski definition) is 1. The molecule has 1 unspecified atom stereocenters. The molecule has 0 radical (unpaired) electrons. The molecule has 0 saturated heterocycles. The van der Waals surface area contributed by atoms with Crippen molar-refractivity contribution in [2.45, 2.75) is 33.2 Å². The van der Waals surface area contributed by atoms with Crippen molar-refractivity contribution in [1.82, 2.24) is 4.90 Å². The minimum atomic E-state index is -0.797. The average molecular weight is 265 g/mol. The molecular weight excluding hydrogens is 242 g/mol. The molecule has 106 valence electrons. The predicted octanol–water partition coefficient (Wildman–Crippen LogP) is 2.26. The number of carboxylic acids is 1. The van der Waals surface area contributed by atoms with E-state index in [1.165, 1.54) is 11.1 Å². The highest BCUT2D eigenvalue weighted by Crippen LogP contribution is 2.23. The maximum Gasteiger partial charge on any atom is 0.320 e. The van der Waals surface area contributed by atoms with E-state index in [0.29, 0.717) is 6.54 Å². The van der Waals surface area contributed by atoms with Gasteiger partial charge in [0, 0.05) is 6.54 Å². The van der Waals surface area contributed by atoms with E-state index >= 15 is 0 Å². The molecule has 0 aliphatic heterocycles. The number of aryl methyl sites for hydroxylation is 2. The topological polar surface area (TPSA) is 49.8 Å². The number of likely N-dealkylation sites (N-methyl/N-ethyl adjacent to an activating group) is 1. The van der Waals surface area contributed by atoms with E-state index in [4.69, 9.17) is 9.84 Å². The first-order valence-corrected chi connectivity index (χ1v) is 6.44. The molecule has 1 aromatic rings. The summed E-state index contributed by atoms with van der Waals surface area (Å²) in [6.45, 7) is 6.51. The predicted molar refractivity (Wildman–Crippen MR) is 75.9 cm³/mol. The number of hydrogen-bond acceptors (Lipinski definition) is 3. The number of methoxy groups -OCH3 is 1. The van der Waals surface area contributed by atoms with Gasteiger partial charge in [0.2, 0.25) is 0 Å². The number of carbonyl (C=O) groups is 1. The molecule has 1 aromatic carbocycles. The lowest BCUT2D eigenvalue weighted by atomic mass is 10.0. The molecule has 0 heterocycles. The van der Waals surface area contributed by atoms with Gasteiger partial charge in [-0.15, -0.1) is 0 Å². The van der Waals surface area contributed by atoms with Crippen LogP contribution in [0.2, 0.25) is 0 Å². The van der Waals surface area contributed by atoms with Crippen molar-refractivity contribution in [1.29, 1.82) is 0 Å². The van der Waals surface area contributed by atoms with E-state index in [1.807, 2.05) is 18.0 Å². The Kier molecular flexibility index (Phi) is 5.36. The molecule has 0 bridgehead atoms. The third-order valence-corrected chi connectivity index (χ3v) is 3.65. The summed E-state index contributed by atoms with van der Waals surface area (Å²) >= 11 is 0. The fourth-order valence-electron chi connectivity index (χ4n) is 1.91. The van der Waals surface area contributed by atoms with Gasteiger partial charge in [-0.3, -0.25) is 9.69 Å². The summed E-state index contributed by atoms with van der Waals surface area (Å²) in [6, 6.07) is 3.68. The smallest absolute Gasteiger partial charge is 0.320 e. The lowest BCUT2D eigenvalue weighted by Gasteiger charge is -2.21. The highest BCUT2D eigenvalue weighted by atomic mass is 16.5. The number of ether oxygens (including phenoxy) is 1. The van der Waals surface area contributed by atoms with Crippen molar-refractivity contribution < 1.29 is 14.6 Å². The monoisotopic (exact) mass is 265 g/mol. The first kappa shape index (κ1) is 15.5. The highest BCUT2D eigenvalue weighted by Gasteiger charge is 2.17. The summed E-state index contributed by atoms with van der Waals surface area (Å²) in [7, 11) is 3.49. The number of benzene rings is 1. The molecule has 1 rings (SSSR count). The number of nitrogens with zero attached hydrogens (tertiary/aromatic N) is 1. The van der Waals surface area contributed by atoms with Crippen LogP contribution < -0.4 is 4.74 Å². The number of aliphatic carboxylic acids is 1. The summed E-state index contributed by atoms with van der Waals surface area (Å²) in [5, 5.41) is 8.96. The van der Waals surface area contributed by atoms with Crippen LogP contribution in [-0.4, -0.2) is 42.7 Å². The summed E-state index contributed by atoms with van der Waals surface area (Å²) in [5.41, 5.74) is 3.55. The standard InChI is InChI=1S/C15H23NO3/c1-10-8-13(14(19-5)9-11(10)2)6-7-16(4)12(3)15(17)18/h8-9,12H,6-7H2,1-5H3,(H,17,18). The zero-order valence-corrected chi connectivity index (χ0v) is 12.4. The Morgan fingerprint density at radius 3 is 2.47 bits per heavy atom. The fraction of sp³-hybridized carbons (Fsp3) is 0.533. The fourth-order valence-corrected chi connectivity index (χ4v) is 1.91. The van der Waals surface area contributed by atoms with Crippen LogP contribution in [0.1, 0.15) is 23.6 Å². The molecule has 4 heteroatoms. The van der Waals surface area contributed by atoms with Gasteiger partial charge in [0.25, 0.3) is 0 Å². The van der Waals surface area contributed by atoms with Crippen molar-refractivity contribution in [3.63, 3.8) is 0 Å². The largest absolute Gasteiger partial charge is 0.496 e. The second-order valence-corrected chi connectivity index (χ2v) is 4.99. The summed E-state index contributed by atoms with van der Waals surface area (Å²) in [6.07, 6.45) is 0.776. The Labute approximate surface area is 115 Å². The van der Waals surface area contributed by atoms with Crippen LogP contribution in [0.5, 0.6) is 5.75 Å². The van der Waals surface area contributed by atoms with E-state index in [9.17, 15) is 4.79 Å². The van der Waals surface area contributed by atoms with E-state index < -0.39 is 12.0 Å². The molecule has 1 N–H and O–H groups in total. The molecule has 0 fully saturated rings. The summed E-state index contributed by atoms with van der Waals surface area (Å²) in [5.74, 6) is 0.0778. The van der Waals surface area contributed by atoms with Crippen LogP contribution in [0.25, 0.3) is 0 Å². The molecule has 0 saturated carbocycles. The molecule has 19 heavy (non-hydrogen) atoms. The molecule has 0 aliphatic rings. The van der Waals surface area contributed by atoms with Crippen LogP contribution in [-0.2, 0) is 11.2 Å². The van der Waals surface area contributed by atoms with Crippen LogP contribution in [0.3, 0.4) is 0 Å². The SMILES string of the molecule is COc1cc(C)c(C)cc1CCN(C)C(C)C(=O)O. The zero-order valence-electron chi connectivity index (χ0n) is 12.4. The first-order chi connectivity index (χ1) is 8.86.